The van der Waals surface area contributed by atoms with Gasteiger partial charge in [0, 0.05) is 0 Å². The molecule has 1 aliphatic rings. The second-order valence-corrected chi connectivity index (χ2v) is 10.6. The topological polar surface area (TPSA) is 46.1 Å². The largest absolute Gasteiger partial charge is 0.344 e. The summed E-state index contributed by atoms with van der Waals surface area (Å²) in [4.78, 5) is 0. The first-order valence-electron chi connectivity index (χ1n) is 6.88. The lowest BCUT2D eigenvalue weighted by molar-refractivity contribution is -0.661. The van der Waals surface area contributed by atoms with Crippen LogP contribution >= 0.6 is 7.52 Å². The maximum Gasteiger partial charge on any atom is 0.278 e. The van der Waals surface area contributed by atoms with Gasteiger partial charge < -0.3 is 9.84 Å². The summed E-state index contributed by atoms with van der Waals surface area (Å²) >= 11 is 0. The van der Waals surface area contributed by atoms with Gasteiger partial charge >= 0.3 is 0 Å². The zero-order valence-corrected chi connectivity index (χ0v) is 13.7. The highest BCUT2D eigenvalue weighted by molar-refractivity contribution is 7.58. The van der Waals surface area contributed by atoms with Crippen molar-refractivity contribution in [1.29, 1.82) is 0 Å². The molecule has 0 aromatic rings. The number of hydrogen-bond donors (Lipinski definition) is 1. The Kier molecular flexibility index (Phi) is 8.88. The van der Waals surface area contributed by atoms with Crippen molar-refractivity contribution in [3.63, 3.8) is 0 Å². The molecule has 0 aromatic carbocycles. The average molecular weight is 309 g/mol. The number of nitrogens with two attached hydrogens (primary N) is 1. The minimum absolute atomic E-state index is 0. The molecule has 20 heavy (non-hydrogen) atoms. The van der Waals surface area contributed by atoms with Crippen LogP contribution in [-0.2, 0) is 9.09 Å². The van der Waals surface area contributed by atoms with E-state index in [9.17, 15) is 4.57 Å². The Morgan fingerprint density at radius 3 is 1.85 bits per heavy atom. The van der Waals surface area contributed by atoms with Crippen LogP contribution in [0.4, 0.5) is 0 Å². The van der Waals surface area contributed by atoms with E-state index < -0.39 is 7.52 Å². The normalized spacial score (nSPS) is 20.5. The van der Waals surface area contributed by atoms with Crippen LogP contribution in [0.25, 0.3) is 0 Å². The van der Waals surface area contributed by atoms with Gasteiger partial charge in [-0.25, -0.2) is 4.67 Å². The summed E-state index contributed by atoms with van der Waals surface area (Å²) in [5, 5.41) is 1.95. The number of piperazine rings is 1. The number of nitrogens with zero attached hydrogens (tertiary/aromatic N) is 1. The smallest absolute Gasteiger partial charge is 0.278 e. The van der Waals surface area contributed by atoms with E-state index in [1.54, 1.807) is 0 Å². The van der Waals surface area contributed by atoms with E-state index in [1.165, 1.54) is 0 Å². The summed E-state index contributed by atoms with van der Waals surface area (Å²) in [6, 6.07) is 0. The van der Waals surface area contributed by atoms with Gasteiger partial charge in [0.25, 0.3) is 7.52 Å². The molecule has 0 bridgehead atoms. The van der Waals surface area contributed by atoms with E-state index in [0.717, 1.165) is 26.2 Å². The van der Waals surface area contributed by atoms with E-state index in [1.807, 2.05) is 20.8 Å². The molecule has 2 N–H and O–H groups in total. The lowest BCUT2D eigenvalue weighted by Gasteiger charge is -2.41. The van der Waals surface area contributed by atoms with Gasteiger partial charge in [0.05, 0.1) is 37.9 Å². The Hall–Kier alpha value is 0.110. The van der Waals surface area contributed by atoms with Crippen molar-refractivity contribution in [2.75, 3.05) is 32.8 Å². The molecule has 0 amide bonds. The van der Waals surface area contributed by atoms with Gasteiger partial charge in [0.2, 0.25) is 0 Å². The zero-order chi connectivity index (χ0) is 14.0. The van der Waals surface area contributed by atoms with Gasteiger partial charge in [0.15, 0.2) is 0 Å². The summed E-state index contributed by atoms with van der Waals surface area (Å²) in [6.07, 6.45) is 0. The fourth-order valence-corrected chi connectivity index (χ4v) is 4.70. The molecule has 1 atom stereocenters. The predicted octanol–water partition coefficient (Wildman–Crippen LogP) is 3.19. The van der Waals surface area contributed by atoms with Crippen LogP contribution in [0.2, 0.25) is 0 Å². The van der Waals surface area contributed by atoms with E-state index >= 15 is 0 Å². The molecular weight excluding hydrogens is 271 g/mol. The van der Waals surface area contributed by atoms with E-state index in [4.69, 9.17) is 4.52 Å². The summed E-state index contributed by atoms with van der Waals surface area (Å²) in [5.74, 6) is 0. The van der Waals surface area contributed by atoms with Crippen molar-refractivity contribution in [3.05, 3.63) is 0 Å². The highest BCUT2D eigenvalue weighted by atomic mass is 31.2. The van der Waals surface area contributed by atoms with E-state index in [-0.39, 0.29) is 25.4 Å². The van der Waals surface area contributed by atoms with Crippen LogP contribution in [0.1, 0.15) is 56.4 Å². The van der Waals surface area contributed by atoms with Crippen molar-refractivity contribution in [2.24, 2.45) is 5.41 Å². The summed E-state index contributed by atoms with van der Waals surface area (Å²) in [5.41, 5.74) is 0.0445. The Morgan fingerprint density at radius 2 is 1.50 bits per heavy atom. The van der Waals surface area contributed by atoms with Gasteiger partial charge in [0.1, 0.15) is 0 Å². The van der Waals surface area contributed by atoms with Crippen LogP contribution in [-0.4, -0.2) is 42.6 Å². The molecule has 0 aliphatic carbocycles. The van der Waals surface area contributed by atoms with Gasteiger partial charge in [-0.3, -0.25) is 4.57 Å². The molecule has 1 unspecified atom stereocenters. The zero-order valence-electron chi connectivity index (χ0n) is 12.8. The summed E-state index contributed by atoms with van der Waals surface area (Å²) in [7, 11) is -2.76. The van der Waals surface area contributed by atoms with Crippen LogP contribution in [0.3, 0.4) is 0 Å². The number of quaternary nitrogens is 1. The molecule has 0 spiro atoms. The Balaban J connectivity index is 0. The summed E-state index contributed by atoms with van der Waals surface area (Å²) < 4.78 is 21.4. The number of rotatable bonds is 3. The average Bonchev–Trinajstić information content (AvgIpc) is 2.24. The minimum Gasteiger partial charge on any atom is -0.344 e. The summed E-state index contributed by atoms with van der Waals surface area (Å²) in [6.45, 7) is 16.7. The Labute approximate surface area is 127 Å². The highest BCUT2D eigenvalue weighted by Crippen LogP contribution is 2.61. The van der Waals surface area contributed by atoms with Crippen molar-refractivity contribution in [1.82, 2.24) is 4.67 Å². The molecule has 0 aromatic heterocycles. The van der Waals surface area contributed by atoms with Crippen molar-refractivity contribution in [3.8, 4) is 0 Å². The lowest BCUT2D eigenvalue weighted by Crippen LogP contribution is -2.89. The molecular formula is C15H38N2O2P+. The molecule has 4 nitrogen and oxygen atoms in total. The number of hydrogen-bond acceptors (Lipinski definition) is 2. The highest BCUT2D eigenvalue weighted by Gasteiger charge is 2.45. The second kappa shape index (κ2) is 7.93. The molecule has 1 fully saturated rings. The van der Waals surface area contributed by atoms with E-state index in [2.05, 4.69) is 30.8 Å². The third-order valence-electron chi connectivity index (χ3n) is 3.08. The third-order valence-corrected chi connectivity index (χ3v) is 6.39. The molecule has 1 saturated heterocycles. The second-order valence-electron chi connectivity index (χ2n) is 7.35. The van der Waals surface area contributed by atoms with Crippen molar-refractivity contribution in [2.45, 2.75) is 61.6 Å². The quantitative estimate of drug-likeness (QED) is 0.814. The van der Waals surface area contributed by atoms with Crippen LogP contribution in [0.5, 0.6) is 0 Å². The Bertz CT molecular complexity index is 313. The van der Waals surface area contributed by atoms with Crippen LogP contribution < -0.4 is 5.32 Å². The molecule has 1 rings (SSSR count). The van der Waals surface area contributed by atoms with Crippen LogP contribution in [0, 0.1) is 5.41 Å². The van der Waals surface area contributed by atoms with Gasteiger partial charge in [-0.2, -0.15) is 0 Å². The van der Waals surface area contributed by atoms with E-state index in [0.29, 0.717) is 6.61 Å². The predicted molar refractivity (Wildman–Crippen MR) is 89.5 cm³/mol. The first-order chi connectivity index (χ1) is 8.06. The van der Waals surface area contributed by atoms with Crippen molar-refractivity contribution < 1.29 is 14.4 Å². The SMILES string of the molecule is C.C.CC(C)(C)COP(=O)(N1CC[NH2+]CC1)C(C)(C)C. The first-order valence-corrected chi connectivity index (χ1v) is 8.46. The molecule has 124 valence electrons. The fraction of sp³-hybridized carbons (Fsp3) is 1.00. The van der Waals surface area contributed by atoms with Gasteiger partial charge in [-0.15, -0.1) is 0 Å². The third kappa shape index (κ3) is 5.85. The molecule has 0 radical (unpaired) electrons. The standard InChI is InChI=1S/C13H29N2O2P.2CH4/c1-12(2,3)11-17-18(16,13(4,5)6)15-9-7-14-8-10-15;;/h14H,7-11H2,1-6H3;2*1H4/p+1. The van der Waals surface area contributed by atoms with Gasteiger partial charge in [-0.05, 0) is 26.2 Å². The molecule has 1 aliphatic heterocycles. The lowest BCUT2D eigenvalue weighted by atomic mass is 9.99. The Morgan fingerprint density at radius 1 is 1.05 bits per heavy atom. The molecule has 5 heteroatoms. The molecule has 0 saturated carbocycles. The fourth-order valence-electron chi connectivity index (χ4n) is 1.98. The molecule has 1 heterocycles. The van der Waals surface area contributed by atoms with Crippen LogP contribution in [0.15, 0.2) is 0 Å². The first kappa shape index (κ1) is 22.4. The van der Waals surface area contributed by atoms with Gasteiger partial charge in [-0.1, -0.05) is 35.6 Å². The maximum absolute atomic E-state index is 13.3. The van der Waals surface area contributed by atoms with Crippen molar-refractivity contribution >= 4 is 7.52 Å². The monoisotopic (exact) mass is 309 g/mol. The maximum atomic E-state index is 13.3. The minimum atomic E-state index is -2.76.